The minimum absolute atomic E-state index is 0.222. The van der Waals surface area contributed by atoms with Gasteiger partial charge in [0.1, 0.15) is 5.75 Å². The van der Waals surface area contributed by atoms with Crippen LogP contribution in [0.5, 0.6) is 5.75 Å². The molecule has 1 aromatic carbocycles. The van der Waals surface area contributed by atoms with Gasteiger partial charge in [0, 0.05) is 24.2 Å². The number of rotatable bonds is 5. The van der Waals surface area contributed by atoms with Crippen LogP contribution in [-0.4, -0.2) is 54.5 Å². The third-order valence-corrected chi connectivity index (χ3v) is 7.12. The number of ether oxygens (including phenoxy) is 1. The molecule has 3 heterocycles. The molecule has 1 aromatic rings. The van der Waals surface area contributed by atoms with Crippen molar-refractivity contribution < 1.29 is 9.53 Å². The summed E-state index contributed by atoms with van der Waals surface area (Å²) in [5.74, 6) is 2.35. The van der Waals surface area contributed by atoms with E-state index in [2.05, 4.69) is 16.7 Å². The van der Waals surface area contributed by atoms with Crippen molar-refractivity contribution in [3.8, 4) is 5.75 Å². The molecule has 4 nitrogen and oxygen atoms in total. The number of likely N-dealkylation sites (tertiary alicyclic amines) is 1. The summed E-state index contributed by atoms with van der Waals surface area (Å²) in [6.07, 6.45) is 8.72. The molecule has 4 heteroatoms. The van der Waals surface area contributed by atoms with Crippen LogP contribution in [0, 0.1) is 11.8 Å². The second kappa shape index (κ2) is 8.22. The predicted molar refractivity (Wildman–Crippen MR) is 108 cm³/mol. The molecule has 3 saturated heterocycles. The molecule has 3 aliphatic rings. The van der Waals surface area contributed by atoms with E-state index in [0.717, 1.165) is 24.3 Å². The van der Waals surface area contributed by atoms with Crippen molar-refractivity contribution in [1.29, 1.82) is 0 Å². The smallest absolute Gasteiger partial charge is 0.254 e. The SMILES string of the molecule is CCCC[C@@H]1[C@H]2CCCN3CCC[C@@H](CN1C(=O)c1ccc(OC)cc1)[C@@H]23. The molecule has 0 radical (unpaired) electrons. The van der Waals surface area contributed by atoms with Crippen molar-refractivity contribution in [1.82, 2.24) is 9.80 Å². The minimum Gasteiger partial charge on any atom is -0.497 e. The molecule has 0 aromatic heterocycles. The topological polar surface area (TPSA) is 32.8 Å². The number of methoxy groups -OCH3 is 1. The standard InChI is InChI=1S/C23H34N2O2/c1-3-4-9-21-20-8-6-15-24-14-5-7-18(22(20)24)16-25(21)23(26)17-10-12-19(27-2)13-11-17/h10-13,18,20-22H,3-9,14-16H2,1-2H3/t18-,20+,21+,22-/m0/s1. The number of piperidine rings is 3. The normalized spacial score (nSPS) is 30.7. The summed E-state index contributed by atoms with van der Waals surface area (Å²) in [7, 11) is 1.67. The lowest BCUT2D eigenvalue weighted by Gasteiger charge is -2.57. The number of hydrogen-bond donors (Lipinski definition) is 0. The molecule has 148 valence electrons. The Morgan fingerprint density at radius 3 is 2.59 bits per heavy atom. The van der Waals surface area contributed by atoms with Gasteiger partial charge in [0.05, 0.1) is 7.11 Å². The Labute approximate surface area is 163 Å². The maximum Gasteiger partial charge on any atom is 0.254 e. The second-order valence-electron chi connectivity index (χ2n) is 8.63. The van der Waals surface area contributed by atoms with Gasteiger partial charge in [0.15, 0.2) is 0 Å². The average Bonchev–Trinajstić information content (AvgIpc) is 2.73. The van der Waals surface area contributed by atoms with Crippen molar-refractivity contribution in [2.45, 2.75) is 64.0 Å². The van der Waals surface area contributed by atoms with Gasteiger partial charge >= 0.3 is 0 Å². The molecule has 27 heavy (non-hydrogen) atoms. The highest BCUT2D eigenvalue weighted by Crippen LogP contribution is 2.43. The van der Waals surface area contributed by atoms with E-state index in [9.17, 15) is 4.79 Å². The summed E-state index contributed by atoms with van der Waals surface area (Å²) in [6.45, 7) is 5.74. The number of hydrogen-bond acceptors (Lipinski definition) is 3. The molecule has 3 fully saturated rings. The van der Waals surface area contributed by atoms with E-state index in [1.54, 1.807) is 7.11 Å². The Kier molecular flexibility index (Phi) is 5.72. The highest BCUT2D eigenvalue weighted by Gasteiger charge is 2.49. The zero-order valence-corrected chi connectivity index (χ0v) is 16.9. The molecule has 0 aliphatic carbocycles. The fourth-order valence-corrected chi connectivity index (χ4v) is 5.91. The number of unbranched alkanes of at least 4 members (excludes halogenated alkanes) is 1. The van der Waals surface area contributed by atoms with E-state index in [1.807, 2.05) is 24.3 Å². The number of benzene rings is 1. The van der Waals surface area contributed by atoms with Gasteiger partial charge in [-0.25, -0.2) is 0 Å². The molecule has 0 spiro atoms. The van der Waals surface area contributed by atoms with E-state index >= 15 is 0 Å². The maximum absolute atomic E-state index is 13.5. The van der Waals surface area contributed by atoms with Crippen LogP contribution in [0.15, 0.2) is 24.3 Å². The van der Waals surface area contributed by atoms with Crippen LogP contribution in [0.4, 0.5) is 0 Å². The van der Waals surface area contributed by atoms with Gasteiger partial charge in [-0.2, -0.15) is 0 Å². The molecular formula is C23H34N2O2. The number of nitrogens with zero attached hydrogens (tertiary/aromatic N) is 2. The van der Waals surface area contributed by atoms with Crippen LogP contribution in [-0.2, 0) is 0 Å². The van der Waals surface area contributed by atoms with Crippen molar-refractivity contribution in [3.05, 3.63) is 29.8 Å². The number of amides is 1. The fourth-order valence-electron chi connectivity index (χ4n) is 5.91. The molecule has 0 unspecified atom stereocenters. The van der Waals surface area contributed by atoms with E-state index in [4.69, 9.17) is 4.74 Å². The summed E-state index contributed by atoms with van der Waals surface area (Å²) in [4.78, 5) is 18.5. The van der Waals surface area contributed by atoms with Crippen LogP contribution in [0.25, 0.3) is 0 Å². The average molecular weight is 371 g/mol. The maximum atomic E-state index is 13.5. The number of carbonyl (C=O) groups excluding carboxylic acids is 1. The lowest BCUT2D eigenvalue weighted by molar-refractivity contribution is -0.0672. The van der Waals surface area contributed by atoms with Crippen LogP contribution < -0.4 is 4.74 Å². The predicted octanol–water partition coefficient (Wildman–Crippen LogP) is 4.20. The minimum atomic E-state index is 0.222. The van der Waals surface area contributed by atoms with E-state index in [1.165, 1.54) is 51.6 Å². The third-order valence-electron chi connectivity index (χ3n) is 7.12. The molecule has 1 amide bonds. The summed E-state index contributed by atoms with van der Waals surface area (Å²) in [5, 5.41) is 0. The van der Waals surface area contributed by atoms with E-state index in [0.29, 0.717) is 23.9 Å². The van der Waals surface area contributed by atoms with Crippen molar-refractivity contribution >= 4 is 5.91 Å². The van der Waals surface area contributed by atoms with Crippen molar-refractivity contribution in [2.75, 3.05) is 26.7 Å². The number of carbonyl (C=O) groups is 1. The lowest BCUT2D eigenvalue weighted by atomic mass is 9.69. The highest BCUT2D eigenvalue weighted by atomic mass is 16.5. The van der Waals surface area contributed by atoms with E-state index < -0.39 is 0 Å². The summed E-state index contributed by atoms with van der Waals surface area (Å²) in [6, 6.07) is 8.79. The lowest BCUT2D eigenvalue weighted by Crippen LogP contribution is -2.65. The van der Waals surface area contributed by atoms with Gasteiger partial charge in [0.25, 0.3) is 5.91 Å². The Hall–Kier alpha value is -1.55. The first-order valence-corrected chi connectivity index (χ1v) is 10.9. The summed E-state index contributed by atoms with van der Waals surface area (Å²) >= 11 is 0. The first kappa shape index (κ1) is 18.8. The third kappa shape index (κ3) is 3.61. The molecule has 0 bridgehead atoms. The largest absolute Gasteiger partial charge is 0.497 e. The van der Waals surface area contributed by atoms with Gasteiger partial charge in [-0.3, -0.25) is 9.69 Å². The summed E-state index contributed by atoms with van der Waals surface area (Å²) < 4.78 is 5.26. The zero-order valence-electron chi connectivity index (χ0n) is 16.9. The fraction of sp³-hybridized carbons (Fsp3) is 0.696. The molecule has 3 aliphatic heterocycles. The van der Waals surface area contributed by atoms with Gasteiger partial charge in [-0.15, -0.1) is 0 Å². The van der Waals surface area contributed by atoms with Crippen LogP contribution >= 0.6 is 0 Å². The Balaban J connectivity index is 1.61. The Bertz CT molecular complexity index is 642. The van der Waals surface area contributed by atoms with Gasteiger partial charge < -0.3 is 9.64 Å². The second-order valence-corrected chi connectivity index (χ2v) is 8.63. The van der Waals surface area contributed by atoms with Crippen LogP contribution in [0.3, 0.4) is 0 Å². The molecule has 4 atom stereocenters. The van der Waals surface area contributed by atoms with E-state index in [-0.39, 0.29) is 5.91 Å². The quantitative estimate of drug-likeness (QED) is 0.779. The van der Waals surface area contributed by atoms with Gasteiger partial charge in [0.2, 0.25) is 0 Å². The van der Waals surface area contributed by atoms with Crippen molar-refractivity contribution in [3.63, 3.8) is 0 Å². The van der Waals surface area contributed by atoms with Crippen molar-refractivity contribution in [2.24, 2.45) is 11.8 Å². The molecule has 0 saturated carbocycles. The molecule has 4 rings (SSSR count). The zero-order chi connectivity index (χ0) is 18.8. The molecule has 0 N–H and O–H groups in total. The highest BCUT2D eigenvalue weighted by molar-refractivity contribution is 5.94. The molecular weight excluding hydrogens is 336 g/mol. The van der Waals surface area contributed by atoms with Crippen LogP contribution in [0.1, 0.15) is 62.2 Å². The van der Waals surface area contributed by atoms with Gasteiger partial charge in [-0.1, -0.05) is 19.8 Å². The van der Waals surface area contributed by atoms with Gasteiger partial charge in [-0.05, 0) is 81.3 Å². The van der Waals surface area contributed by atoms with Crippen LogP contribution in [0.2, 0.25) is 0 Å². The first-order valence-electron chi connectivity index (χ1n) is 10.9. The summed E-state index contributed by atoms with van der Waals surface area (Å²) in [5.41, 5.74) is 0.805. The Morgan fingerprint density at radius 1 is 1.15 bits per heavy atom. The monoisotopic (exact) mass is 370 g/mol. The first-order chi connectivity index (χ1) is 13.2. The Morgan fingerprint density at radius 2 is 1.89 bits per heavy atom.